The minimum absolute atomic E-state index is 0.0640. The molecule has 0 aliphatic rings. The Labute approximate surface area is 142 Å². The number of carboxylic acid groups (broad SMARTS) is 2. The van der Waals surface area contributed by atoms with E-state index in [-0.39, 0.29) is 19.4 Å². The number of benzene rings is 1. The number of aromatic amines is 2. The van der Waals surface area contributed by atoms with Crippen molar-refractivity contribution >= 4 is 38.9 Å². The summed E-state index contributed by atoms with van der Waals surface area (Å²) in [5.74, 6) is -2.25. The monoisotopic (exact) mass is 399 g/mol. The Bertz CT molecular complexity index is 903. The molecule has 0 saturated heterocycles. The van der Waals surface area contributed by atoms with E-state index in [0.717, 1.165) is 0 Å². The first kappa shape index (κ1) is 17.9. The summed E-state index contributed by atoms with van der Waals surface area (Å²) in [6.07, 6.45) is -0.364. The van der Waals surface area contributed by atoms with Gasteiger partial charge in [-0.05, 0) is 24.1 Å². The first-order valence-corrected chi connectivity index (χ1v) is 7.70. The van der Waals surface area contributed by atoms with Gasteiger partial charge in [0.25, 0.3) is 0 Å². The Morgan fingerprint density at radius 1 is 1.17 bits per heavy atom. The highest BCUT2D eigenvalue weighted by Gasteiger charge is 2.18. The van der Waals surface area contributed by atoms with Gasteiger partial charge in [-0.15, -0.1) is 0 Å². The predicted molar refractivity (Wildman–Crippen MR) is 88.0 cm³/mol. The van der Waals surface area contributed by atoms with Crippen molar-refractivity contribution in [1.29, 1.82) is 0 Å². The lowest BCUT2D eigenvalue weighted by Gasteiger charge is -2.14. The summed E-state index contributed by atoms with van der Waals surface area (Å²) in [6.45, 7) is 0.0640. The number of H-pyrrole nitrogens is 2. The van der Waals surface area contributed by atoms with Crippen LogP contribution in [-0.4, -0.2) is 38.2 Å². The predicted octanol–water partition coefficient (Wildman–Crippen LogP) is 0.386. The van der Waals surface area contributed by atoms with Crippen molar-refractivity contribution in [3.63, 3.8) is 0 Å². The number of aromatic nitrogens is 2. The maximum Gasteiger partial charge on any atom is 0.320 e. The average Bonchev–Trinajstić information content (AvgIpc) is 2.48. The Morgan fingerprint density at radius 2 is 1.83 bits per heavy atom. The summed E-state index contributed by atoms with van der Waals surface area (Å²) in [4.78, 5) is 49.6. The SMILES string of the molecule is O=C(O)CCC(NCc1cc(Br)cc2[nH]c(=O)c(=O)[nH]c12)C(=O)O. The van der Waals surface area contributed by atoms with E-state index in [4.69, 9.17) is 10.2 Å². The lowest BCUT2D eigenvalue weighted by molar-refractivity contribution is -0.140. The molecule has 2 aromatic rings. The van der Waals surface area contributed by atoms with Gasteiger partial charge < -0.3 is 25.5 Å². The molecule has 5 N–H and O–H groups in total. The van der Waals surface area contributed by atoms with E-state index in [1.807, 2.05) is 0 Å². The van der Waals surface area contributed by atoms with Crippen LogP contribution >= 0.6 is 15.9 Å². The maximum absolute atomic E-state index is 11.5. The van der Waals surface area contributed by atoms with E-state index in [9.17, 15) is 19.2 Å². The standard InChI is InChI=1S/C14H14BrN3O6/c15-7-3-6(5-16-8(14(23)24)1-2-10(19)20)11-9(4-7)17-12(21)13(22)18-11/h3-4,8,16H,1-2,5H2,(H,17,21)(H,18,22)(H,19,20)(H,23,24). The van der Waals surface area contributed by atoms with Crippen molar-refractivity contribution < 1.29 is 19.8 Å². The first-order valence-electron chi connectivity index (χ1n) is 6.90. The van der Waals surface area contributed by atoms with Gasteiger partial charge in [0.1, 0.15) is 6.04 Å². The zero-order valence-corrected chi connectivity index (χ0v) is 13.8. The molecule has 0 aliphatic carbocycles. The largest absolute Gasteiger partial charge is 0.481 e. The minimum Gasteiger partial charge on any atom is -0.481 e. The summed E-state index contributed by atoms with van der Waals surface area (Å²) in [6, 6.07) is 2.22. The molecule has 0 saturated carbocycles. The summed E-state index contributed by atoms with van der Waals surface area (Å²) >= 11 is 3.28. The number of nitrogens with one attached hydrogen (secondary N) is 3. The fourth-order valence-corrected chi connectivity index (χ4v) is 2.72. The number of carbonyl (C=O) groups is 2. The summed E-state index contributed by atoms with van der Waals surface area (Å²) in [5.41, 5.74) is -0.286. The van der Waals surface area contributed by atoms with E-state index in [2.05, 4.69) is 31.2 Å². The fraction of sp³-hybridized carbons (Fsp3) is 0.286. The van der Waals surface area contributed by atoms with Crippen LogP contribution in [0.3, 0.4) is 0 Å². The van der Waals surface area contributed by atoms with Crippen LogP contribution in [-0.2, 0) is 16.1 Å². The quantitative estimate of drug-likeness (QED) is 0.422. The van der Waals surface area contributed by atoms with Crippen LogP contribution in [0.1, 0.15) is 18.4 Å². The Hall–Kier alpha value is -2.46. The summed E-state index contributed by atoms with van der Waals surface area (Å²) in [7, 11) is 0. The molecular formula is C14H14BrN3O6. The molecule has 0 aliphatic heterocycles. The maximum atomic E-state index is 11.5. The molecule has 128 valence electrons. The van der Waals surface area contributed by atoms with Crippen LogP contribution in [0.2, 0.25) is 0 Å². The molecule has 10 heteroatoms. The number of halogens is 1. The van der Waals surface area contributed by atoms with Gasteiger partial charge >= 0.3 is 23.1 Å². The first-order chi connectivity index (χ1) is 11.3. The third-order valence-electron chi connectivity index (χ3n) is 3.36. The highest BCUT2D eigenvalue weighted by atomic mass is 79.9. The second-order valence-electron chi connectivity index (χ2n) is 5.10. The van der Waals surface area contributed by atoms with Crippen molar-refractivity contribution in [2.75, 3.05) is 0 Å². The van der Waals surface area contributed by atoms with E-state index >= 15 is 0 Å². The van der Waals surface area contributed by atoms with E-state index in [0.29, 0.717) is 21.1 Å². The lowest BCUT2D eigenvalue weighted by Crippen LogP contribution is -2.37. The van der Waals surface area contributed by atoms with Crippen LogP contribution in [0, 0.1) is 0 Å². The van der Waals surface area contributed by atoms with Crippen LogP contribution < -0.4 is 16.4 Å². The second-order valence-corrected chi connectivity index (χ2v) is 6.02. The topological polar surface area (TPSA) is 152 Å². The van der Waals surface area contributed by atoms with Crippen molar-refractivity contribution in [2.45, 2.75) is 25.4 Å². The molecule has 1 aromatic carbocycles. The van der Waals surface area contributed by atoms with Gasteiger partial charge in [0, 0.05) is 17.4 Å². The highest BCUT2D eigenvalue weighted by Crippen LogP contribution is 2.20. The molecule has 0 amide bonds. The van der Waals surface area contributed by atoms with E-state index in [1.165, 1.54) is 0 Å². The molecule has 1 unspecified atom stereocenters. The minimum atomic E-state index is -1.17. The van der Waals surface area contributed by atoms with Crippen LogP contribution in [0.5, 0.6) is 0 Å². The summed E-state index contributed by atoms with van der Waals surface area (Å²) < 4.78 is 0.631. The Morgan fingerprint density at radius 3 is 2.46 bits per heavy atom. The molecule has 24 heavy (non-hydrogen) atoms. The van der Waals surface area contributed by atoms with Crippen molar-refractivity contribution in [1.82, 2.24) is 15.3 Å². The van der Waals surface area contributed by atoms with Gasteiger partial charge in [-0.3, -0.25) is 19.2 Å². The van der Waals surface area contributed by atoms with Crippen molar-refractivity contribution in [2.24, 2.45) is 0 Å². The molecule has 0 fully saturated rings. The van der Waals surface area contributed by atoms with Gasteiger partial charge in [-0.2, -0.15) is 0 Å². The van der Waals surface area contributed by atoms with Gasteiger partial charge in [0.2, 0.25) is 0 Å². The fourth-order valence-electron chi connectivity index (χ4n) is 2.21. The molecule has 1 aromatic heterocycles. The molecule has 0 bridgehead atoms. The normalized spacial score (nSPS) is 12.2. The van der Waals surface area contributed by atoms with E-state index < -0.39 is 29.1 Å². The molecular weight excluding hydrogens is 386 g/mol. The molecule has 2 rings (SSSR count). The third-order valence-corrected chi connectivity index (χ3v) is 3.82. The molecule has 0 spiro atoms. The summed E-state index contributed by atoms with van der Waals surface area (Å²) in [5, 5.41) is 20.6. The van der Waals surface area contributed by atoms with Crippen LogP contribution in [0.15, 0.2) is 26.2 Å². The van der Waals surface area contributed by atoms with Crippen LogP contribution in [0.4, 0.5) is 0 Å². The molecule has 1 heterocycles. The van der Waals surface area contributed by atoms with E-state index in [1.54, 1.807) is 12.1 Å². The zero-order chi connectivity index (χ0) is 17.9. The number of hydrogen-bond donors (Lipinski definition) is 5. The molecule has 1 atom stereocenters. The smallest absolute Gasteiger partial charge is 0.320 e. The molecule has 9 nitrogen and oxygen atoms in total. The number of hydrogen-bond acceptors (Lipinski definition) is 5. The van der Waals surface area contributed by atoms with Crippen molar-refractivity contribution in [3.05, 3.63) is 42.9 Å². The Kier molecular flexibility index (Phi) is 5.52. The van der Waals surface area contributed by atoms with Crippen LogP contribution in [0.25, 0.3) is 11.0 Å². The van der Waals surface area contributed by atoms with Gasteiger partial charge in [0.15, 0.2) is 0 Å². The zero-order valence-electron chi connectivity index (χ0n) is 12.3. The van der Waals surface area contributed by atoms with Gasteiger partial charge in [-0.25, -0.2) is 0 Å². The number of fused-ring (bicyclic) bond motifs is 1. The second kappa shape index (κ2) is 7.41. The third kappa shape index (κ3) is 4.30. The van der Waals surface area contributed by atoms with Crippen molar-refractivity contribution in [3.8, 4) is 0 Å². The molecule has 0 radical (unpaired) electrons. The lowest BCUT2D eigenvalue weighted by atomic mass is 10.1. The average molecular weight is 400 g/mol. The Balaban J connectivity index is 2.29. The number of aliphatic carboxylic acids is 2. The number of rotatable bonds is 7. The van der Waals surface area contributed by atoms with Gasteiger partial charge in [0.05, 0.1) is 11.0 Å². The number of carboxylic acids is 2. The highest BCUT2D eigenvalue weighted by molar-refractivity contribution is 9.10. The van der Waals surface area contributed by atoms with Gasteiger partial charge in [-0.1, -0.05) is 15.9 Å².